The highest BCUT2D eigenvalue weighted by Crippen LogP contribution is 2.11. The van der Waals surface area contributed by atoms with E-state index in [9.17, 15) is 4.79 Å². The number of carbonyl (C=O) groups is 1. The summed E-state index contributed by atoms with van der Waals surface area (Å²) in [7, 11) is 1.67. The first-order valence-corrected chi connectivity index (χ1v) is 6.69. The molecule has 0 bridgehead atoms. The van der Waals surface area contributed by atoms with Gasteiger partial charge in [-0.3, -0.25) is 4.79 Å². The quantitative estimate of drug-likeness (QED) is 0.832. The van der Waals surface area contributed by atoms with Gasteiger partial charge in [0.2, 0.25) is 0 Å². The van der Waals surface area contributed by atoms with Crippen molar-refractivity contribution in [1.82, 2.24) is 5.32 Å². The van der Waals surface area contributed by atoms with Gasteiger partial charge in [-0.2, -0.15) is 0 Å². The molecule has 0 aliphatic rings. The predicted molar refractivity (Wildman–Crippen MR) is 77.1 cm³/mol. The van der Waals surface area contributed by atoms with Gasteiger partial charge in [-0.25, -0.2) is 0 Å². The molecule has 0 spiro atoms. The first-order valence-electron chi connectivity index (χ1n) is 5.61. The summed E-state index contributed by atoms with van der Waals surface area (Å²) >= 11 is 2.16. The van der Waals surface area contributed by atoms with Crippen LogP contribution in [0.15, 0.2) is 24.3 Å². The van der Waals surface area contributed by atoms with Gasteiger partial charge in [-0.05, 0) is 40.6 Å². The van der Waals surface area contributed by atoms with Crippen LogP contribution in [0.5, 0.6) is 0 Å². The normalized spacial score (nSPS) is 12.5. The molecule has 0 fully saturated rings. The van der Waals surface area contributed by atoms with Crippen molar-refractivity contribution in [3.05, 3.63) is 33.4 Å². The number of halogens is 1. The summed E-state index contributed by atoms with van der Waals surface area (Å²) in [5.74, 6) is 0.341. The summed E-state index contributed by atoms with van der Waals surface area (Å²) in [5.41, 5.74) is 0.715. The van der Waals surface area contributed by atoms with Crippen LogP contribution in [0.4, 0.5) is 0 Å². The fourth-order valence-corrected chi connectivity index (χ4v) is 2.16. The van der Waals surface area contributed by atoms with Crippen LogP contribution < -0.4 is 5.32 Å². The fraction of sp³-hybridized carbons (Fsp3) is 0.462. The van der Waals surface area contributed by atoms with Crippen molar-refractivity contribution in [2.24, 2.45) is 5.92 Å². The van der Waals surface area contributed by atoms with Gasteiger partial charge < -0.3 is 10.1 Å². The van der Waals surface area contributed by atoms with Crippen LogP contribution in [0, 0.1) is 9.49 Å². The number of rotatable bonds is 5. The number of carbonyl (C=O) groups excluding carboxylic acids is 1. The molecule has 1 amide bonds. The number of hydrogen-bond donors (Lipinski definition) is 1. The van der Waals surface area contributed by atoms with Crippen LogP contribution in [0.2, 0.25) is 0 Å². The van der Waals surface area contributed by atoms with Crippen molar-refractivity contribution in [2.75, 3.05) is 13.7 Å². The molecule has 0 aliphatic heterocycles. The summed E-state index contributed by atoms with van der Waals surface area (Å²) in [6, 6.07) is 7.54. The van der Waals surface area contributed by atoms with E-state index in [1.54, 1.807) is 7.11 Å². The molecular weight excluding hydrogens is 329 g/mol. The average Bonchev–Trinajstić information content (AvgIpc) is 2.29. The highest BCUT2D eigenvalue weighted by molar-refractivity contribution is 14.1. The molecule has 1 atom stereocenters. The van der Waals surface area contributed by atoms with Crippen LogP contribution in [0.25, 0.3) is 0 Å². The molecule has 1 aromatic rings. The molecule has 0 saturated carbocycles. The van der Waals surface area contributed by atoms with Gasteiger partial charge in [0.25, 0.3) is 5.91 Å². The minimum atomic E-state index is -0.0438. The smallest absolute Gasteiger partial charge is 0.252 e. The molecule has 1 aromatic carbocycles. The molecule has 0 radical (unpaired) electrons. The van der Waals surface area contributed by atoms with E-state index in [1.165, 1.54) is 0 Å². The topological polar surface area (TPSA) is 38.3 Å². The molecule has 1 rings (SSSR count). The second-order valence-electron chi connectivity index (χ2n) is 4.21. The molecule has 1 N–H and O–H groups in total. The van der Waals surface area contributed by atoms with E-state index in [2.05, 4.69) is 41.8 Å². The van der Waals surface area contributed by atoms with Crippen LogP contribution in [-0.2, 0) is 4.74 Å². The van der Waals surface area contributed by atoms with Crippen molar-refractivity contribution in [3.63, 3.8) is 0 Å². The van der Waals surface area contributed by atoms with Gasteiger partial charge in [0.05, 0.1) is 11.7 Å². The lowest BCUT2D eigenvalue weighted by atomic mass is 10.1. The van der Waals surface area contributed by atoms with E-state index < -0.39 is 0 Å². The van der Waals surface area contributed by atoms with Crippen LogP contribution in [0.3, 0.4) is 0 Å². The largest absolute Gasteiger partial charge is 0.379 e. The third-order valence-electron chi connectivity index (χ3n) is 2.63. The third-order valence-corrected chi connectivity index (χ3v) is 3.57. The number of benzene rings is 1. The van der Waals surface area contributed by atoms with Gasteiger partial charge in [0.1, 0.15) is 0 Å². The minimum absolute atomic E-state index is 0.0438. The van der Waals surface area contributed by atoms with Crippen LogP contribution in [0.1, 0.15) is 24.2 Å². The Morgan fingerprint density at radius 1 is 1.41 bits per heavy atom. The maximum atomic E-state index is 11.9. The zero-order valence-corrected chi connectivity index (χ0v) is 12.5. The summed E-state index contributed by atoms with van der Waals surface area (Å²) in [6.07, 6.45) is 0.0559. The Hall–Kier alpha value is -0.620. The molecule has 0 aromatic heterocycles. The summed E-state index contributed by atoms with van der Waals surface area (Å²) in [6.45, 7) is 4.69. The van der Waals surface area contributed by atoms with Gasteiger partial charge in [-0.15, -0.1) is 0 Å². The standard InChI is InChI=1S/C13H18INO2/c1-9(2)12(17-3)8-15-13(16)10-6-4-5-7-11(10)14/h4-7,9,12H,8H2,1-3H3,(H,15,16)/t12-/m1/s1. The lowest BCUT2D eigenvalue weighted by Crippen LogP contribution is -2.36. The first-order chi connectivity index (χ1) is 8.06. The molecule has 3 nitrogen and oxygen atoms in total. The summed E-state index contributed by atoms with van der Waals surface area (Å²) < 4.78 is 6.27. The van der Waals surface area contributed by atoms with Gasteiger partial charge in [-0.1, -0.05) is 26.0 Å². The Balaban J connectivity index is 2.59. The van der Waals surface area contributed by atoms with E-state index >= 15 is 0 Å². The monoisotopic (exact) mass is 347 g/mol. The maximum absolute atomic E-state index is 11.9. The highest BCUT2D eigenvalue weighted by atomic mass is 127. The number of ether oxygens (including phenoxy) is 1. The number of nitrogens with one attached hydrogen (secondary N) is 1. The lowest BCUT2D eigenvalue weighted by molar-refractivity contribution is 0.0604. The average molecular weight is 347 g/mol. The van der Waals surface area contributed by atoms with E-state index in [4.69, 9.17) is 4.74 Å². The molecule has 94 valence electrons. The Morgan fingerprint density at radius 3 is 2.59 bits per heavy atom. The molecule has 17 heavy (non-hydrogen) atoms. The van der Waals surface area contributed by atoms with E-state index in [0.29, 0.717) is 18.0 Å². The molecule has 0 heterocycles. The second kappa shape index (κ2) is 6.96. The van der Waals surface area contributed by atoms with Gasteiger partial charge in [0, 0.05) is 17.2 Å². The molecular formula is C13H18INO2. The zero-order chi connectivity index (χ0) is 12.8. The molecule has 0 unspecified atom stereocenters. The zero-order valence-electron chi connectivity index (χ0n) is 10.4. The number of amides is 1. The van der Waals surface area contributed by atoms with E-state index in [0.717, 1.165) is 3.57 Å². The van der Waals surface area contributed by atoms with Gasteiger partial charge >= 0.3 is 0 Å². The van der Waals surface area contributed by atoms with Gasteiger partial charge in [0.15, 0.2) is 0 Å². The minimum Gasteiger partial charge on any atom is -0.379 e. The van der Waals surface area contributed by atoms with Crippen molar-refractivity contribution in [1.29, 1.82) is 0 Å². The number of hydrogen-bond acceptors (Lipinski definition) is 2. The van der Waals surface area contributed by atoms with E-state index in [1.807, 2.05) is 24.3 Å². The van der Waals surface area contributed by atoms with Crippen molar-refractivity contribution >= 4 is 28.5 Å². The molecule has 0 saturated heterocycles. The van der Waals surface area contributed by atoms with E-state index in [-0.39, 0.29) is 12.0 Å². The molecule has 4 heteroatoms. The summed E-state index contributed by atoms with van der Waals surface area (Å²) in [5, 5.41) is 2.90. The predicted octanol–water partition coefficient (Wildman–Crippen LogP) is 2.69. The third kappa shape index (κ3) is 4.27. The van der Waals surface area contributed by atoms with Crippen molar-refractivity contribution in [3.8, 4) is 0 Å². The first kappa shape index (κ1) is 14.4. The molecule has 0 aliphatic carbocycles. The summed E-state index contributed by atoms with van der Waals surface area (Å²) in [4.78, 5) is 11.9. The highest BCUT2D eigenvalue weighted by Gasteiger charge is 2.15. The SMILES string of the molecule is CO[C@H](CNC(=O)c1ccccc1I)C(C)C. The van der Waals surface area contributed by atoms with Crippen molar-refractivity contribution in [2.45, 2.75) is 20.0 Å². The Kier molecular flexibility index (Phi) is 5.91. The second-order valence-corrected chi connectivity index (χ2v) is 5.37. The van der Waals surface area contributed by atoms with Crippen LogP contribution >= 0.6 is 22.6 Å². The maximum Gasteiger partial charge on any atom is 0.252 e. The number of methoxy groups -OCH3 is 1. The lowest BCUT2D eigenvalue weighted by Gasteiger charge is -2.19. The Morgan fingerprint density at radius 2 is 2.06 bits per heavy atom. The fourth-order valence-electron chi connectivity index (χ4n) is 1.53. The van der Waals surface area contributed by atoms with Crippen molar-refractivity contribution < 1.29 is 9.53 Å². The van der Waals surface area contributed by atoms with Crippen LogP contribution in [-0.4, -0.2) is 25.7 Å². The Labute approximate surface area is 116 Å². The Bertz CT molecular complexity index is 379.